The highest BCUT2D eigenvalue weighted by atomic mass is 32.2. The van der Waals surface area contributed by atoms with Crippen molar-refractivity contribution in [1.82, 2.24) is 8.61 Å². The summed E-state index contributed by atoms with van der Waals surface area (Å²) in [6, 6.07) is 7.69. The molecule has 1 aromatic carbocycles. The molecule has 1 aliphatic carbocycles. The van der Waals surface area contributed by atoms with E-state index in [4.69, 9.17) is 4.74 Å². The smallest absolute Gasteiger partial charge is 0.217 e. The molecule has 2 saturated heterocycles. The third-order valence-electron chi connectivity index (χ3n) is 6.21. The van der Waals surface area contributed by atoms with Crippen LogP contribution in [0.3, 0.4) is 0 Å². The number of nitrogens with zero attached hydrogens (tertiary/aromatic N) is 2. The molecule has 156 valence electrons. The van der Waals surface area contributed by atoms with Gasteiger partial charge < -0.3 is 4.74 Å². The fraction of sp³-hybridized carbons (Fsp3) is 0.684. The van der Waals surface area contributed by atoms with Crippen LogP contribution in [-0.2, 0) is 26.5 Å². The molecule has 0 aromatic heterocycles. The predicted molar refractivity (Wildman–Crippen MR) is 107 cm³/mol. The Labute approximate surface area is 167 Å². The fourth-order valence-electron chi connectivity index (χ4n) is 4.40. The number of hydrogen-bond acceptors (Lipinski definition) is 5. The van der Waals surface area contributed by atoms with E-state index in [-0.39, 0.29) is 11.2 Å². The second kappa shape index (κ2) is 7.59. The van der Waals surface area contributed by atoms with Gasteiger partial charge in [0.1, 0.15) is 5.75 Å². The standard InChI is InChI=1S/C19H28N2O5S2/c1-26-17-4-2-3-15(13-17)7-10-21-14-16-8-11-20(27(22,23)18-5-6-18)12-9-19(16)28(21,24)25/h2-4,13,16,18-19H,5-12,14H2,1H3/t16-,19-/m1/s1. The Bertz CT molecular complexity index is 927. The van der Waals surface area contributed by atoms with E-state index in [1.54, 1.807) is 15.7 Å². The van der Waals surface area contributed by atoms with E-state index in [0.717, 1.165) is 24.2 Å². The second-order valence-electron chi connectivity index (χ2n) is 8.02. The van der Waals surface area contributed by atoms with Crippen molar-refractivity contribution in [1.29, 1.82) is 0 Å². The maximum absolute atomic E-state index is 13.1. The molecule has 2 aliphatic heterocycles. The van der Waals surface area contributed by atoms with Gasteiger partial charge in [-0.15, -0.1) is 0 Å². The molecular weight excluding hydrogens is 400 g/mol. The average Bonchev–Trinajstić information content (AvgIpc) is 3.50. The zero-order chi connectivity index (χ0) is 19.9. The molecule has 1 saturated carbocycles. The molecule has 3 aliphatic rings. The molecule has 0 spiro atoms. The van der Waals surface area contributed by atoms with Gasteiger partial charge in [-0.2, -0.15) is 0 Å². The highest BCUT2D eigenvalue weighted by Gasteiger charge is 2.49. The van der Waals surface area contributed by atoms with E-state index >= 15 is 0 Å². The van der Waals surface area contributed by atoms with Crippen LogP contribution in [0.2, 0.25) is 0 Å². The molecule has 7 nitrogen and oxygen atoms in total. The molecule has 2 heterocycles. The number of ether oxygens (including phenoxy) is 1. The van der Waals surface area contributed by atoms with Crippen molar-refractivity contribution in [3.63, 3.8) is 0 Å². The van der Waals surface area contributed by atoms with Gasteiger partial charge in [-0.1, -0.05) is 12.1 Å². The summed E-state index contributed by atoms with van der Waals surface area (Å²) >= 11 is 0. The van der Waals surface area contributed by atoms with Gasteiger partial charge in [-0.3, -0.25) is 0 Å². The van der Waals surface area contributed by atoms with E-state index in [1.165, 1.54) is 0 Å². The Hall–Kier alpha value is -1.16. The van der Waals surface area contributed by atoms with Crippen LogP contribution in [0.25, 0.3) is 0 Å². The average molecular weight is 429 g/mol. The first-order valence-corrected chi connectivity index (χ1v) is 12.9. The summed E-state index contributed by atoms with van der Waals surface area (Å²) < 4.78 is 59.5. The normalized spacial score (nSPS) is 28.6. The SMILES string of the molecule is COc1cccc(CCN2C[C@H]3CCN(S(=O)(=O)C4CC4)CC[C@H]3S2(=O)=O)c1. The van der Waals surface area contributed by atoms with Gasteiger partial charge in [-0.05, 0) is 55.7 Å². The molecule has 2 atom stereocenters. The van der Waals surface area contributed by atoms with Crippen molar-refractivity contribution in [3.05, 3.63) is 29.8 Å². The van der Waals surface area contributed by atoms with E-state index in [9.17, 15) is 16.8 Å². The van der Waals surface area contributed by atoms with Crippen molar-refractivity contribution in [2.24, 2.45) is 5.92 Å². The Morgan fingerprint density at radius 3 is 2.61 bits per heavy atom. The summed E-state index contributed by atoms with van der Waals surface area (Å²) in [6.07, 6.45) is 3.13. The molecule has 9 heteroatoms. The second-order valence-corrected chi connectivity index (χ2v) is 12.4. The quantitative estimate of drug-likeness (QED) is 0.685. The molecule has 0 unspecified atom stereocenters. The molecule has 1 aromatic rings. The summed E-state index contributed by atoms with van der Waals surface area (Å²) in [5.41, 5.74) is 1.04. The summed E-state index contributed by atoms with van der Waals surface area (Å²) in [4.78, 5) is 0. The zero-order valence-corrected chi connectivity index (χ0v) is 17.8. The van der Waals surface area contributed by atoms with Gasteiger partial charge in [0, 0.05) is 26.2 Å². The highest BCUT2D eigenvalue weighted by Crippen LogP contribution is 2.37. The van der Waals surface area contributed by atoms with Gasteiger partial charge in [0.25, 0.3) is 0 Å². The first-order valence-electron chi connectivity index (χ1n) is 9.93. The maximum Gasteiger partial charge on any atom is 0.217 e. The molecule has 3 fully saturated rings. The van der Waals surface area contributed by atoms with Gasteiger partial charge in [0.2, 0.25) is 20.0 Å². The van der Waals surface area contributed by atoms with Crippen LogP contribution in [0, 0.1) is 5.92 Å². The zero-order valence-electron chi connectivity index (χ0n) is 16.2. The lowest BCUT2D eigenvalue weighted by Gasteiger charge is -2.21. The molecule has 4 rings (SSSR count). The molecule has 0 bridgehead atoms. The lowest BCUT2D eigenvalue weighted by Crippen LogP contribution is -2.36. The minimum Gasteiger partial charge on any atom is -0.497 e. The van der Waals surface area contributed by atoms with Gasteiger partial charge in [0.05, 0.1) is 17.6 Å². The number of rotatable bonds is 6. The summed E-state index contributed by atoms with van der Waals surface area (Å²) in [6.45, 7) is 1.71. The van der Waals surface area contributed by atoms with Crippen LogP contribution < -0.4 is 4.74 Å². The number of benzene rings is 1. The largest absolute Gasteiger partial charge is 0.497 e. The van der Waals surface area contributed by atoms with E-state index < -0.39 is 25.3 Å². The van der Waals surface area contributed by atoms with Crippen LogP contribution in [0.1, 0.15) is 31.2 Å². The lowest BCUT2D eigenvalue weighted by molar-refractivity contribution is 0.367. The molecule has 0 radical (unpaired) electrons. The Morgan fingerprint density at radius 1 is 1.14 bits per heavy atom. The van der Waals surface area contributed by atoms with Gasteiger partial charge in [-0.25, -0.2) is 25.4 Å². The Balaban J connectivity index is 1.41. The van der Waals surface area contributed by atoms with Gasteiger partial charge >= 0.3 is 0 Å². The van der Waals surface area contributed by atoms with E-state index in [0.29, 0.717) is 45.4 Å². The van der Waals surface area contributed by atoms with Crippen LogP contribution in [0.4, 0.5) is 0 Å². The lowest BCUT2D eigenvalue weighted by atomic mass is 10.0. The minimum atomic E-state index is -3.39. The summed E-state index contributed by atoms with van der Waals surface area (Å²) in [5.74, 6) is 0.776. The number of fused-ring (bicyclic) bond motifs is 1. The summed E-state index contributed by atoms with van der Waals surface area (Å²) in [5, 5.41) is -0.696. The van der Waals surface area contributed by atoms with Crippen molar-refractivity contribution < 1.29 is 21.6 Å². The first-order chi connectivity index (χ1) is 13.3. The first kappa shape index (κ1) is 20.1. The van der Waals surface area contributed by atoms with Gasteiger partial charge in [0.15, 0.2) is 0 Å². The van der Waals surface area contributed by atoms with Crippen molar-refractivity contribution >= 4 is 20.0 Å². The fourth-order valence-corrected chi connectivity index (χ4v) is 8.52. The van der Waals surface area contributed by atoms with Crippen LogP contribution in [0.15, 0.2) is 24.3 Å². The van der Waals surface area contributed by atoms with E-state index in [2.05, 4.69) is 0 Å². The summed E-state index contributed by atoms with van der Waals surface area (Å²) in [7, 11) is -5.01. The van der Waals surface area contributed by atoms with Crippen molar-refractivity contribution in [2.45, 2.75) is 42.6 Å². The monoisotopic (exact) mass is 428 g/mol. The Morgan fingerprint density at radius 2 is 1.89 bits per heavy atom. The molecule has 0 N–H and O–H groups in total. The van der Waals surface area contributed by atoms with Crippen molar-refractivity contribution in [3.8, 4) is 5.75 Å². The number of sulfonamides is 2. The maximum atomic E-state index is 13.1. The van der Waals surface area contributed by atoms with Crippen molar-refractivity contribution in [2.75, 3.05) is 33.3 Å². The third-order valence-corrected chi connectivity index (χ3v) is 11.0. The van der Waals surface area contributed by atoms with Crippen LogP contribution >= 0.6 is 0 Å². The predicted octanol–water partition coefficient (Wildman–Crippen LogP) is 1.46. The van der Waals surface area contributed by atoms with Crippen LogP contribution in [-0.4, -0.2) is 69.2 Å². The van der Waals surface area contributed by atoms with Crippen LogP contribution in [0.5, 0.6) is 5.75 Å². The van der Waals surface area contributed by atoms with E-state index in [1.807, 2.05) is 24.3 Å². The highest BCUT2D eigenvalue weighted by molar-refractivity contribution is 7.90. The Kier molecular flexibility index (Phi) is 5.45. The molecular formula is C19H28N2O5S2. The molecule has 28 heavy (non-hydrogen) atoms. The number of hydrogen-bond donors (Lipinski definition) is 0. The molecule has 0 amide bonds. The topological polar surface area (TPSA) is 84.0 Å². The third kappa shape index (κ3) is 3.81. The number of methoxy groups -OCH3 is 1. The minimum absolute atomic E-state index is 0.00899.